The third kappa shape index (κ3) is 1.20. The van der Waals surface area contributed by atoms with Gasteiger partial charge in [0.15, 0.2) is 0 Å². The van der Waals surface area contributed by atoms with E-state index in [-0.39, 0.29) is 0 Å². The second-order valence-corrected chi connectivity index (χ2v) is 2.50. The molecule has 1 aliphatic rings. The number of rotatable bonds is 0. The summed E-state index contributed by atoms with van der Waals surface area (Å²) < 4.78 is 5.17. The van der Waals surface area contributed by atoms with E-state index in [1.807, 2.05) is 0 Å². The van der Waals surface area contributed by atoms with Crippen LogP contribution in [0.1, 0.15) is 13.3 Å². The number of hydrogen-bond donors (Lipinski definition) is 1. The molecule has 0 saturated carbocycles. The Hall–Kier alpha value is -0.0800. The number of ether oxygens (including phenoxy) is 1. The average molecular weight is 115 g/mol. The predicted octanol–water partition coefficient (Wildman–Crippen LogP) is 0.370. The first-order valence-electron chi connectivity index (χ1n) is 3.14. The fourth-order valence-electron chi connectivity index (χ4n) is 0.897. The Bertz CT molecular complexity index is 64.9. The van der Waals surface area contributed by atoms with Gasteiger partial charge >= 0.3 is 0 Å². The Morgan fingerprint density at radius 3 is 2.75 bits per heavy atom. The summed E-state index contributed by atoms with van der Waals surface area (Å²) in [4.78, 5) is 0. The van der Waals surface area contributed by atoms with E-state index in [1.54, 1.807) is 0 Å². The van der Waals surface area contributed by atoms with Gasteiger partial charge in [-0.15, -0.1) is 0 Å². The van der Waals surface area contributed by atoms with Crippen molar-refractivity contribution in [2.45, 2.75) is 19.4 Å². The second kappa shape index (κ2) is 2.46. The van der Waals surface area contributed by atoms with E-state index in [1.165, 1.54) is 0 Å². The van der Waals surface area contributed by atoms with E-state index in [2.05, 4.69) is 6.92 Å². The maximum Gasteiger partial charge on any atom is 0.0506 e. The third-order valence-corrected chi connectivity index (χ3v) is 1.71. The van der Waals surface area contributed by atoms with Crippen molar-refractivity contribution in [3.8, 4) is 0 Å². The first-order valence-corrected chi connectivity index (χ1v) is 3.14. The molecule has 1 heterocycles. The monoisotopic (exact) mass is 115 g/mol. The quantitative estimate of drug-likeness (QED) is 0.495. The van der Waals surface area contributed by atoms with Crippen LogP contribution < -0.4 is 5.73 Å². The third-order valence-electron chi connectivity index (χ3n) is 1.71. The van der Waals surface area contributed by atoms with Gasteiger partial charge in [-0.2, -0.15) is 0 Å². The van der Waals surface area contributed by atoms with Crippen LogP contribution >= 0.6 is 0 Å². The minimum atomic E-state index is 0.378. The van der Waals surface area contributed by atoms with Crippen LogP contribution in [0.3, 0.4) is 0 Å². The zero-order valence-corrected chi connectivity index (χ0v) is 5.26. The lowest BCUT2D eigenvalue weighted by molar-refractivity contribution is 0.0491. The first-order chi connectivity index (χ1) is 3.80. The zero-order chi connectivity index (χ0) is 5.98. The molecular formula is C6H13NO. The van der Waals surface area contributed by atoms with Crippen LogP contribution in [-0.4, -0.2) is 19.3 Å². The lowest BCUT2D eigenvalue weighted by Crippen LogP contribution is -2.36. The first kappa shape index (κ1) is 6.05. The highest BCUT2D eigenvalue weighted by Gasteiger charge is 2.16. The van der Waals surface area contributed by atoms with Crippen LogP contribution in [0, 0.1) is 5.92 Å². The van der Waals surface area contributed by atoms with Crippen molar-refractivity contribution >= 4 is 0 Å². The number of nitrogens with two attached hydrogens (primary N) is 1. The molecule has 0 amide bonds. The van der Waals surface area contributed by atoms with Crippen LogP contribution in [-0.2, 0) is 4.74 Å². The Balaban J connectivity index is 2.28. The summed E-state index contributed by atoms with van der Waals surface area (Å²) in [5.41, 5.74) is 5.70. The zero-order valence-electron chi connectivity index (χ0n) is 5.26. The van der Waals surface area contributed by atoms with E-state index in [0.717, 1.165) is 19.6 Å². The van der Waals surface area contributed by atoms with Gasteiger partial charge in [0.1, 0.15) is 0 Å². The summed E-state index contributed by atoms with van der Waals surface area (Å²) in [6, 6.07) is 0.378. The largest absolute Gasteiger partial charge is 0.381 e. The SMILES string of the molecule is CC1COCC[C@@H]1N. The summed E-state index contributed by atoms with van der Waals surface area (Å²) in [5.74, 6) is 0.559. The van der Waals surface area contributed by atoms with Gasteiger partial charge in [-0.05, 0) is 12.3 Å². The highest BCUT2D eigenvalue weighted by Crippen LogP contribution is 2.10. The highest BCUT2D eigenvalue weighted by molar-refractivity contribution is 4.71. The molecular weight excluding hydrogens is 102 g/mol. The summed E-state index contributed by atoms with van der Waals surface area (Å²) in [6.45, 7) is 3.83. The molecule has 2 N–H and O–H groups in total. The molecule has 0 aliphatic carbocycles. The molecule has 0 aromatic rings. The van der Waals surface area contributed by atoms with Gasteiger partial charge in [0.2, 0.25) is 0 Å². The fraction of sp³-hybridized carbons (Fsp3) is 1.00. The summed E-state index contributed by atoms with van der Waals surface area (Å²) >= 11 is 0. The van der Waals surface area contributed by atoms with Gasteiger partial charge in [-0.3, -0.25) is 0 Å². The molecule has 0 bridgehead atoms. The van der Waals surface area contributed by atoms with Crippen LogP contribution in [0.25, 0.3) is 0 Å². The Labute approximate surface area is 50.0 Å². The van der Waals surface area contributed by atoms with Crippen molar-refractivity contribution < 1.29 is 4.74 Å². The molecule has 2 nitrogen and oxygen atoms in total. The lowest BCUT2D eigenvalue weighted by Gasteiger charge is -2.24. The Kier molecular flexibility index (Phi) is 1.86. The Morgan fingerprint density at radius 2 is 2.38 bits per heavy atom. The minimum absolute atomic E-state index is 0.378. The van der Waals surface area contributed by atoms with Gasteiger partial charge < -0.3 is 10.5 Å². The van der Waals surface area contributed by atoms with Gasteiger partial charge in [-0.1, -0.05) is 6.92 Å². The van der Waals surface area contributed by atoms with E-state index >= 15 is 0 Å². The topological polar surface area (TPSA) is 35.2 Å². The van der Waals surface area contributed by atoms with Crippen LogP contribution in [0.4, 0.5) is 0 Å². The fourth-order valence-corrected chi connectivity index (χ4v) is 0.897. The molecule has 0 radical (unpaired) electrons. The van der Waals surface area contributed by atoms with Crippen LogP contribution in [0.15, 0.2) is 0 Å². The van der Waals surface area contributed by atoms with Crippen LogP contribution in [0.5, 0.6) is 0 Å². The van der Waals surface area contributed by atoms with E-state index in [0.29, 0.717) is 12.0 Å². The maximum atomic E-state index is 5.70. The van der Waals surface area contributed by atoms with Crippen molar-refractivity contribution in [2.24, 2.45) is 11.7 Å². The van der Waals surface area contributed by atoms with E-state index < -0.39 is 0 Å². The normalized spacial score (nSPS) is 39.8. The lowest BCUT2D eigenvalue weighted by atomic mass is 9.99. The molecule has 1 fully saturated rings. The molecule has 2 atom stereocenters. The Morgan fingerprint density at radius 1 is 1.62 bits per heavy atom. The van der Waals surface area contributed by atoms with Crippen molar-refractivity contribution in [3.05, 3.63) is 0 Å². The molecule has 1 rings (SSSR count). The summed E-state index contributed by atoms with van der Waals surface area (Å²) in [7, 11) is 0. The van der Waals surface area contributed by atoms with E-state index in [9.17, 15) is 0 Å². The standard InChI is InChI=1S/C6H13NO/c1-5-4-8-3-2-6(5)7/h5-6H,2-4,7H2,1H3/t5?,6-/m0/s1. The van der Waals surface area contributed by atoms with Gasteiger partial charge in [0.25, 0.3) is 0 Å². The highest BCUT2D eigenvalue weighted by atomic mass is 16.5. The molecule has 0 aromatic carbocycles. The summed E-state index contributed by atoms with van der Waals surface area (Å²) in [6.07, 6.45) is 1.03. The van der Waals surface area contributed by atoms with Crippen molar-refractivity contribution in [1.29, 1.82) is 0 Å². The van der Waals surface area contributed by atoms with Crippen molar-refractivity contribution in [2.75, 3.05) is 13.2 Å². The second-order valence-electron chi connectivity index (χ2n) is 2.50. The van der Waals surface area contributed by atoms with Crippen LogP contribution in [0.2, 0.25) is 0 Å². The molecule has 1 aliphatic heterocycles. The molecule has 8 heavy (non-hydrogen) atoms. The smallest absolute Gasteiger partial charge is 0.0506 e. The molecule has 1 saturated heterocycles. The molecule has 0 spiro atoms. The number of hydrogen-bond acceptors (Lipinski definition) is 2. The molecule has 48 valence electrons. The molecule has 0 aromatic heterocycles. The minimum Gasteiger partial charge on any atom is -0.381 e. The maximum absolute atomic E-state index is 5.70. The predicted molar refractivity (Wildman–Crippen MR) is 32.6 cm³/mol. The van der Waals surface area contributed by atoms with Crippen molar-refractivity contribution in [3.63, 3.8) is 0 Å². The average Bonchev–Trinajstić information content (AvgIpc) is 1.77. The molecule has 2 heteroatoms. The van der Waals surface area contributed by atoms with Gasteiger partial charge in [0.05, 0.1) is 6.61 Å². The van der Waals surface area contributed by atoms with E-state index in [4.69, 9.17) is 10.5 Å². The van der Waals surface area contributed by atoms with Gasteiger partial charge in [0, 0.05) is 12.6 Å². The summed E-state index contributed by atoms with van der Waals surface area (Å²) in [5, 5.41) is 0. The van der Waals surface area contributed by atoms with Gasteiger partial charge in [-0.25, -0.2) is 0 Å². The molecule has 1 unspecified atom stereocenters. The van der Waals surface area contributed by atoms with Crippen molar-refractivity contribution in [1.82, 2.24) is 0 Å².